The Labute approximate surface area is 348 Å². The third-order valence-corrected chi connectivity index (χ3v) is 9.98. The van der Waals surface area contributed by atoms with Gasteiger partial charge in [0.15, 0.2) is 12.4 Å². The molecule has 0 saturated carbocycles. The molecule has 0 spiro atoms. The normalized spacial score (nSPS) is 20.4. The number of rotatable bonds is 34. The Kier molecular flexibility index (Phi) is 32.3. The van der Waals surface area contributed by atoms with Gasteiger partial charge in [-0.25, -0.2) is 4.57 Å². The monoisotopic (exact) mass is 838 g/mol. The number of phosphoric ester groups is 1. The molecule has 6 atom stereocenters. The van der Waals surface area contributed by atoms with E-state index in [0.717, 1.165) is 57.8 Å². The van der Waals surface area contributed by atoms with E-state index in [4.69, 9.17) is 24.0 Å². The largest absolute Gasteiger partial charge is 0.469 e. The summed E-state index contributed by atoms with van der Waals surface area (Å²) in [5, 5.41) is 30.8. The zero-order valence-electron chi connectivity index (χ0n) is 35.2. The van der Waals surface area contributed by atoms with Crippen LogP contribution in [0.4, 0.5) is 0 Å². The Hall–Kier alpha value is -2.67. The summed E-state index contributed by atoms with van der Waals surface area (Å²) in [4.78, 5) is 43.1. The van der Waals surface area contributed by atoms with Crippen LogP contribution < -0.4 is 0 Å². The average molecular weight is 839 g/mol. The first-order valence-electron chi connectivity index (χ1n) is 21.6. The van der Waals surface area contributed by atoms with Crippen molar-refractivity contribution in [1.29, 1.82) is 0 Å². The molecule has 58 heavy (non-hydrogen) atoms. The molecule has 1 aliphatic rings. The number of hydrogen-bond donors (Lipinski definition) is 5. The zero-order chi connectivity index (χ0) is 42.7. The van der Waals surface area contributed by atoms with E-state index < -0.39 is 63.7 Å². The van der Waals surface area contributed by atoms with Gasteiger partial charge in [0.25, 0.3) is 0 Å². The lowest BCUT2D eigenvalue weighted by atomic mass is 9.87. The number of allylic oxidation sites excluding steroid dienone is 10. The summed E-state index contributed by atoms with van der Waals surface area (Å²) < 4.78 is 32.0. The predicted octanol–water partition coefficient (Wildman–Crippen LogP) is 9.17. The van der Waals surface area contributed by atoms with Crippen LogP contribution in [0.2, 0.25) is 0 Å². The van der Waals surface area contributed by atoms with Crippen molar-refractivity contribution in [2.45, 2.75) is 179 Å². The Morgan fingerprint density at radius 1 is 0.724 bits per heavy atom. The summed E-state index contributed by atoms with van der Waals surface area (Å²) in [5.74, 6) is -1.44. The molecule has 1 heterocycles. The third-order valence-electron chi connectivity index (χ3n) is 9.49. The van der Waals surface area contributed by atoms with Gasteiger partial charge in [0.05, 0.1) is 24.9 Å². The molecule has 0 aliphatic carbocycles. The highest BCUT2D eigenvalue weighted by atomic mass is 31.2. The summed E-state index contributed by atoms with van der Waals surface area (Å²) in [7, 11) is -4.84. The van der Waals surface area contributed by atoms with Gasteiger partial charge in [0.2, 0.25) is 0 Å². The molecule has 1 saturated heterocycles. The van der Waals surface area contributed by atoms with Crippen molar-refractivity contribution in [3.8, 4) is 0 Å². The number of carbonyl (C=O) groups excluding carboxylic acids is 2. The van der Waals surface area contributed by atoms with Gasteiger partial charge < -0.3 is 39.3 Å². The number of ether oxygens (including phenoxy) is 3. The van der Waals surface area contributed by atoms with E-state index in [1.165, 1.54) is 25.7 Å². The first-order chi connectivity index (χ1) is 27.9. The molecule has 1 fully saturated rings. The molecule has 0 bridgehead atoms. The predicted molar refractivity (Wildman–Crippen MR) is 228 cm³/mol. The Bertz CT molecular complexity index is 1290. The van der Waals surface area contributed by atoms with E-state index in [9.17, 15) is 29.5 Å². The highest BCUT2D eigenvalue weighted by molar-refractivity contribution is 7.46. The molecule has 13 heteroatoms. The fourth-order valence-corrected chi connectivity index (χ4v) is 6.52. The minimum Gasteiger partial charge on any atom is -0.462 e. The summed E-state index contributed by atoms with van der Waals surface area (Å²) in [6, 6.07) is 0. The molecular formula is C45H75O12P. The standard InChI is InChI=1S/C45H75O12P/c1-3-5-7-8-9-10-11-12-13-14-15-16-17-18-19-20-21-22-28-32-44(49)56-39(37-55-58(51,52)53)36-54-43(48)31-27-24-23-26-30-40-41(47)35-45(50)57-42(40)34-33-38(46)29-25-6-4-2/h9-10,12-13,15-16,18-19,23,26,33-34,38-42,45-47,50H,3-8,11,14,17,20-22,24-25,27-32,35-37H2,1-2H3,(H2,51,52,53)/b10-9-,13-12-,16-15-,19-18-,26-23-,34-33+/t38-,39+,40-,41-,42+,45?/m0/s1. The fraction of sp³-hybridized carbons (Fsp3) is 0.689. The first-order valence-corrected chi connectivity index (χ1v) is 23.2. The van der Waals surface area contributed by atoms with E-state index >= 15 is 0 Å². The molecule has 1 rings (SSSR count). The second-order valence-electron chi connectivity index (χ2n) is 14.8. The maximum Gasteiger partial charge on any atom is 0.469 e. The van der Waals surface area contributed by atoms with Crippen LogP contribution >= 0.6 is 7.82 Å². The first kappa shape index (κ1) is 53.3. The SMILES string of the molecule is CCCCC/C=C\C/C=C\C/C=C\C/C=C\CCCCCC(=O)O[C@H](COC(=O)CCC/C=C\C[C@H]1[C@@H](O)CC(O)O[C@@H]1/C=C/[C@@H](O)CCCCC)COP(=O)(O)O. The Morgan fingerprint density at radius 2 is 1.29 bits per heavy atom. The third kappa shape index (κ3) is 31.3. The van der Waals surface area contributed by atoms with Crippen molar-refractivity contribution in [2.75, 3.05) is 13.2 Å². The lowest BCUT2D eigenvalue weighted by Crippen LogP contribution is -2.43. The van der Waals surface area contributed by atoms with Crippen molar-refractivity contribution < 1.29 is 58.0 Å². The van der Waals surface area contributed by atoms with Gasteiger partial charge >= 0.3 is 19.8 Å². The fourth-order valence-electron chi connectivity index (χ4n) is 6.16. The van der Waals surface area contributed by atoms with Gasteiger partial charge in [0, 0.05) is 25.2 Å². The van der Waals surface area contributed by atoms with Crippen molar-refractivity contribution in [2.24, 2.45) is 5.92 Å². The molecular weight excluding hydrogens is 763 g/mol. The second kappa shape index (κ2) is 35.1. The molecule has 1 unspecified atom stereocenters. The van der Waals surface area contributed by atoms with Gasteiger partial charge in [0.1, 0.15) is 6.61 Å². The van der Waals surface area contributed by atoms with Crippen LogP contribution in [0.25, 0.3) is 0 Å². The van der Waals surface area contributed by atoms with Crippen LogP contribution in [-0.2, 0) is 32.9 Å². The second-order valence-corrected chi connectivity index (χ2v) is 16.1. The number of aliphatic hydroxyl groups is 3. The van der Waals surface area contributed by atoms with Crippen LogP contribution in [0.1, 0.15) is 149 Å². The van der Waals surface area contributed by atoms with Crippen LogP contribution in [0.3, 0.4) is 0 Å². The number of carbonyl (C=O) groups is 2. The number of hydrogen-bond acceptors (Lipinski definition) is 10. The highest BCUT2D eigenvalue weighted by Crippen LogP contribution is 2.36. The molecule has 5 N–H and O–H groups in total. The maximum atomic E-state index is 12.5. The lowest BCUT2D eigenvalue weighted by molar-refractivity contribution is -0.199. The van der Waals surface area contributed by atoms with Crippen molar-refractivity contribution in [3.63, 3.8) is 0 Å². The van der Waals surface area contributed by atoms with Gasteiger partial charge in [-0.3, -0.25) is 14.1 Å². The lowest BCUT2D eigenvalue weighted by Gasteiger charge is -2.36. The topological polar surface area (TPSA) is 189 Å². The minimum atomic E-state index is -4.84. The van der Waals surface area contributed by atoms with Crippen molar-refractivity contribution in [3.05, 3.63) is 72.9 Å². The Morgan fingerprint density at radius 3 is 1.93 bits per heavy atom. The smallest absolute Gasteiger partial charge is 0.462 e. The van der Waals surface area contributed by atoms with Gasteiger partial charge in [-0.1, -0.05) is 125 Å². The van der Waals surface area contributed by atoms with Crippen LogP contribution in [0, 0.1) is 5.92 Å². The quantitative estimate of drug-likeness (QED) is 0.0179. The molecule has 332 valence electrons. The van der Waals surface area contributed by atoms with Crippen molar-refractivity contribution in [1.82, 2.24) is 0 Å². The summed E-state index contributed by atoms with van der Waals surface area (Å²) in [6.07, 6.45) is 36.7. The Balaban J connectivity index is 2.34. The van der Waals surface area contributed by atoms with E-state index in [-0.39, 0.29) is 25.2 Å². The molecule has 0 amide bonds. The van der Waals surface area contributed by atoms with Crippen molar-refractivity contribution >= 4 is 19.8 Å². The average Bonchev–Trinajstić information content (AvgIpc) is 3.17. The van der Waals surface area contributed by atoms with Crippen LogP contribution in [0.15, 0.2) is 72.9 Å². The zero-order valence-corrected chi connectivity index (χ0v) is 36.1. The van der Waals surface area contributed by atoms with E-state index in [1.807, 2.05) is 12.2 Å². The summed E-state index contributed by atoms with van der Waals surface area (Å²) in [6.45, 7) is 3.28. The number of aliphatic hydroxyl groups excluding tert-OH is 3. The van der Waals surface area contributed by atoms with E-state index in [1.54, 1.807) is 12.2 Å². The molecule has 0 aromatic carbocycles. The number of esters is 2. The maximum absolute atomic E-state index is 12.5. The van der Waals surface area contributed by atoms with Crippen LogP contribution in [0.5, 0.6) is 0 Å². The van der Waals surface area contributed by atoms with Gasteiger partial charge in [-0.15, -0.1) is 0 Å². The van der Waals surface area contributed by atoms with Crippen LogP contribution in [-0.4, -0.2) is 81.0 Å². The van der Waals surface area contributed by atoms with E-state index in [2.05, 4.69) is 67.0 Å². The number of phosphoric acid groups is 1. The molecule has 0 radical (unpaired) electrons. The number of unbranched alkanes of at least 4 members (excludes halogenated alkanes) is 9. The van der Waals surface area contributed by atoms with E-state index in [0.29, 0.717) is 32.1 Å². The van der Waals surface area contributed by atoms with Gasteiger partial charge in [-0.05, 0) is 77.0 Å². The minimum absolute atomic E-state index is 0.0619. The molecule has 1 aliphatic heterocycles. The highest BCUT2D eigenvalue weighted by Gasteiger charge is 2.35. The molecule has 0 aromatic heterocycles. The van der Waals surface area contributed by atoms with Gasteiger partial charge in [-0.2, -0.15) is 0 Å². The summed E-state index contributed by atoms with van der Waals surface area (Å²) >= 11 is 0. The molecule has 0 aromatic rings. The molecule has 12 nitrogen and oxygen atoms in total. The summed E-state index contributed by atoms with van der Waals surface area (Å²) in [5.41, 5.74) is 0.